The summed E-state index contributed by atoms with van der Waals surface area (Å²) in [5.41, 5.74) is -2.46. The van der Waals surface area contributed by atoms with Crippen molar-refractivity contribution < 1.29 is 29.4 Å². The van der Waals surface area contributed by atoms with Crippen molar-refractivity contribution in [3.8, 4) is 11.5 Å². The Labute approximate surface area is 262 Å². The first kappa shape index (κ1) is 33.4. The quantitative estimate of drug-likeness (QED) is 0.122. The van der Waals surface area contributed by atoms with E-state index >= 15 is 14.4 Å². The van der Waals surface area contributed by atoms with Gasteiger partial charge in [-0.3, -0.25) is 19.2 Å². The lowest BCUT2D eigenvalue weighted by Gasteiger charge is -2.71. The fourth-order valence-corrected chi connectivity index (χ4v) is 8.51. The summed E-state index contributed by atoms with van der Waals surface area (Å²) in [6.07, 6.45) is 6.98. The first-order valence-corrected chi connectivity index (χ1v) is 15.6. The largest absolute Gasteiger partial charge is 0.504 e. The van der Waals surface area contributed by atoms with Gasteiger partial charge in [0.05, 0.1) is 10.8 Å². The predicted octanol–water partition coefficient (Wildman–Crippen LogP) is 7.90. The van der Waals surface area contributed by atoms with Gasteiger partial charge in [-0.25, -0.2) is 0 Å². The Balaban J connectivity index is 2.12. The molecule has 0 aromatic heterocycles. The van der Waals surface area contributed by atoms with E-state index in [-0.39, 0.29) is 42.4 Å². The zero-order chi connectivity index (χ0) is 33.2. The van der Waals surface area contributed by atoms with Gasteiger partial charge in [0.25, 0.3) is 0 Å². The highest BCUT2D eigenvalue weighted by Crippen LogP contribution is 2.75. The van der Waals surface area contributed by atoms with Crippen molar-refractivity contribution in [2.24, 2.45) is 39.4 Å². The van der Waals surface area contributed by atoms with Crippen LogP contribution >= 0.6 is 0 Å². The molecule has 0 aliphatic heterocycles. The Morgan fingerprint density at radius 2 is 1.52 bits per heavy atom. The van der Waals surface area contributed by atoms with Crippen LogP contribution in [0.4, 0.5) is 0 Å². The molecular weight excluding hydrogens is 552 g/mol. The van der Waals surface area contributed by atoms with Gasteiger partial charge < -0.3 is 10.2 Å². The molecule has 0 radical (unpaired) electrons. The molecule has 6 heteroatoms. The second kappa shape index (κ2) is 11.1. The highest BCUT2D eigenvalue weighted by molar-refractivity contribution is 6.42. The number of allylic oxidation sites excluding steroid dienone is 7. The number of aromatic hydroxyl groups is 2. The van der Waals surface area contributed by atoms with Gasteiger partial charge in [0.2, 0.25) is 0 Å². The molecule has 6 nitrogen and oxygen atoms in total. The number of hydrogen-bond acceptors (Lipinski definition) is 6. The molecule has 1 unspecified atom stereocenters. The maximum Gasteiger partial charge on any atom is 0.184 e. The smallest absolute Gasteiger partial charge is 0.184 e. The predicted molar refractivity (Wildman–Crippen MR) is 172 cm³/mol. The van der Waals surface area contributed by atoms with Crippen LogP contribution in [-0.4, -0.2) is 33.3 Å². The van der Waals surface area contributed by atoms with E-state index in [1.165, 1.54) is 12.1 Å². The molecule has 0 saturated heterocycles. The minimum Gasteiger partial charge on any atom is -0.504 e. The average Bonchev–Trinajstić information content (AvgIpc) is 2.91. The van der Waals surface area contributed by atoms with Crippen molar-refractivity contribution in [3.63, 3.8) is 0 Å². The van der Waals surface area contributed by atoms with Crippen molar-refractivity contribution in [1.82, 2.24) is 0 Å². The van der Waals surface area contributed by atoms with Gasteiger partial charge in [0.1, 0.15) is 0 Å². The zero-order valence-electron chi connectivity index (χ0n) is 27.8. The van der Waals surface area contributed by atoms with Crippen molar-refractivity contribution in [2.75, 3.05) is 0 Å². The van der Waals surface area contributed by atoms with Gasteiger partial charge in [-0.2, -0.15) is 0 Å². The number of hydrogen-bond donors (Lipinski definition) is 2. The fourth-order valence-electron chi connectivity index (χ4n) is 8.51. The van der Waals surface area contributed by atoms with E-state index in [4.69, 9.17) is 0 Å². The van der Waals surface area contributed by atoms with Crippen LogP contribution < -0.4 is 0 Å². The summed E-state index contributed by atoms with van der Waals surface area (Å²) < 4.78 is 0. The van der Waals surface area contributed by atoms with Gasteiger partial charge in [0, 0.05) is 11.5 Å². The maximum absolute atomic E-state index is 15.3. The topological polar surface area (TPSA) is 109 Å². The van der Waals surface area contributed by atoms with E-state index in [9.17, 15) is 15.0 Å². The molecule has 6 atom stereocenters. The second-order valence-corrected chi connectivity index (χ2v) is 14.9. The lowest BCUT2D eigenvalue weighted by Crippen LogP contribution is -2.83. The molecule has 4 fully saturated rings. The summed E-state index contributed by atoms with van der Waals surface area (Å²) in [7, 11) is 0. The number of carbonyl (C=O) groups is 4. The number of Topliss-reactive ketones (excluding diaryl/α,β-unsaturated/α-hetero) is 4. The van der Waals surface area contributed by atoms with Gasteiger partial charge in [-0.05, 0) is 110 Å². The number of benzene rings is 1. The molecule has 0 heterocycles. The summed E-state index contributed by atoms with van der Waals surface area (Å²) in [6, 6.07) is 3.64. The van der Waals surface area contributed by atoms with Gasteiger partial charge in [-0.1, -0.05) is 60.9 Å². The van der Waals surface area contributed by atoms with E-state index in [2.05, 4.69) is 12.7 Å². The van der Waals surface area contributed by atoms with Crippen molar-refractivity contribution in [2.45, 2.75) is 88.0 Å². The van der Waals surface area contributed by atoms with Gasteiger partial charge in [0.15, 0.2) is 40.0 Å². The molecule has 4 aliphatic rings. The van der Waals surface area contributed by atoms with E-state index in [1.807, 2.05) is 74.5 Å². The van der Waals surface area contributed by atoms with E-state index in [1.54, 1.807) is 0 Å². The molecule has 236 valence electrons. The molecule has 4 bridgehead atoms. The number of phenolic OH excluding ortho intramolecular Hbond substituents is 2. The molecule has 5 rings (SSSR count). The maximum atomic E-state index is 15.3. The average molecular weight is 601 g/mol. The van der Waals surface area contributed by atoms with Crippen LogP contribution in [0.1, 0.15) is 98.4 Å². The lowest BCUT2D eigenvalue weighted by molar-refractivity contribution is -0.212. The summed E-state index contributed by atoms with van der Waals surface area (Å²) in [6.45, 7) is 21.6. The van der Waals surface area contributed by atoms with Crippen molar-refractivity contribution >= 4 is 23.1 Å². The fraction of sp³-hybridized carbons (Fsp3) is 0.526. The van der Waals surface area contributed by atoms with Crippen LogP contribution in [-0.2, 0) is 14.4 Å². The van der Waals surface area contributed by atoms with Crippen molar-refractivity contribution in [1.29, 1.82) is 0 Å². The van der Waals surface area contributed by atoms with Crippen LogP contribution in [0.15, 0.2) is 65.3 Å². The Bertz CT molecular complexity index is 1540. The van der Waals surface area contributed by atoms with Gasteiger partial charge >= 0.3 is 0 Å². The Morgan fingerprint density at radius 1 is 0.909 bits per heavy atom. The molecule has 1 aromatic rings. The molecule has 1 aromatic carbocycles. The zero-order valence-corrected chi connectivity index (χ0v) is 27.8. The van der Waals surface area contributed by atoms with Crippen LogP contribution in [0.25, 0.3) is 0 Å². The standard InChI is InChI=1S/C38H48O6/c1-21(2)11-12-26(24(7)8)19-36-20-28-27(17-23(5)6)38(33(36)43,31(41)25-13-14-29(39)30(40)18-25)34(44)37(32(36)42,35(28,9)10)16-15-22(3)4/h11,13-15,17-18,26-28,39-40H,7,12,16,19-20H2,1-6,8-10H3/t26?,27-,28+,36+,37-,38-/m0/s1. The molecule has 4 aliphatic carbocycles. The lowest BCUT2D eigenvalue weighted by atomic mass is 9.26. The number of carbonyl (C=O) groups excluding carboxylic acids is 4. The number of ketones is 4. The molecule has 2 N–H and O–H groups in total. The molecule has 0 amide bonds. The summed E-state index contributed by atoms with van der Waals surface area (Å²) >= 11 is 0. The van der Waals surface area contributed by atoms with Crippen LogP contribution in [0.5, 0.6) is 11.5 Å². The third kappa shape index (κ3) is 4.50. The SMILES string of the molecule is C=C(C)C(CC=C(C)C)C[C@]12C[C@@H]3[C@H](C=C(C)C)[C@](C(=O)c4ccc(O)c(O)c4)(C1=O)C(=O)[C@](CC=C(C)C)(C2=O)C3(C)C. The van der Waals surface area contributed by atoms with Crippen molar-refractivity contribution in [3.05, 3.63) is 70.9 Å². The van der Waals surface area contributed by atoms with E-state index < -0.39 is 56.4 Å². The number of phenols is 2. The van der Waals surface area contributed by atoms with Crippen LogP contribution in [0.2, 0.25) is 0 Å². The summed E-state index contributed by atoms with van der Waals surface area (Å²) in [5.74, 6) is -4.59. The van der Waals surface area contributed by atoms with E-state index in [0.29, 0.717) is 6.42 Å². The highest BCUT2D eigenvalue weighted by Gasteiger charge is 2.86. The minimum absolute atomic E-state index is 0.0464. The van der Waals surface area contributed by atoms with E-state index in [0.717, 1.165) is 28.4 Å². The first-order chi connectivity index (χ1) is 20.3. The Hall–Kier alpha value is -3.54. The Kier molecular flexibility index (Phi) is 8.43. The van der Waals surface area contributed by atoms with Crippen LogP contribution in [0, 0.1) is 39.4 Å². The molecule has 0 spiro atoms. The summed E-state index contributed by atoms with van der Waals surface area (Å²) in [4.78, 5) is 60.8. The first-order valence-electron chi connectivity index (χ1n) is 15.6. The minimum atomic E-state index is -2.15. The number of rotatable bonds is 10. The van der Waals surface area contributed by atoms with Crippen LogP contribution in [0.3, 0.4) is 0 Å². The van der Waals surface area contributed by atoms with Gasteiger partial charge in [-0.15, -0.1) is 0 Å². The normalized spacial score (nSPS) is 30.5. The summed E-state index contributed by atoms with van der Waals surface area (Å²) in [5, 5.41) is 20.4. The monoisotopic (exact) mass is 600 g/mol. The molecule has 4 saturated carbocycles. The third-order valence-corrected chi connectivity index (χ3v) is 10.9. The molecule has 44 heavy (non-hydrogen) atoms. The highest BCUT2D eigenvalue weighted by atomic mass is 16.3. The third-order valence-electron chi connectivity index (χ3n) is 10.9. The second-order valence-electron chi connectivity index (χ2n) is 14.9. The molecular formula is C38H48O6. The Morgan fingerprint density at radius 3 is 2.05 bits per heavy atom.